The predicted octanol–water partition coefficient (Wildman–Crippen LogP) is 5.43. The fourth-order valence-electron chi connectivity index (χ4n) is 6.60. The van der Waals surface area contributed by atoms with Gasteiger partial charge in [0.2, 0.25) is 0 Å². The van der Waals surface area contributed by atoms with E-state index in [0.717, 1.165) is 59.4 Å². The van der Waals surface area contributed by atoms with Crippen LogP contribution in [0.25, 0.3) is 11.3 Å². The first kappa shape index (κ1) is 32.3. The van der Waals surface area contributed by atoms with Gasteiger partial charge < -0.3 is 29.3 Å². The lowest BCUT2D eigenvalue weighted by molar-refractivity contribution is 0.0658. The number of likely N-dealkylation sites (N-methyl/N-ethyl adjacent to an activating group) is 1. The molecule has 0 unspecified atom stereocenters. The van der Waals surface area contributed by atoms with Crippen molar-refractivity contribution in [2.75, 3.05) is 40.3 Å². The highest BCUT2D eigenvalue weighted by Crippen LogP contribution is 2.35. The number of hydrogen-bond acceptors (Lipinski definition) is 4. The quantitative estimate of drug-likeness (QED) is 0.348. The average molecular weight is 614 g/mol. The van der Waals surface area contributed by atoms with Gasteiger partial charge in [-0.25, -0.2) is 4.79 Å². The first-order valence-electron chi connectivity index (χ1n) is 16.1. The van der Waals surface area contributed by atoms with Gasteiger partial charge in [0, 0.05) is 74.9 Å². The van der Waals surface area contributed by atoms with Crippen molar-refractivity contribution < 1.29 is 19.5 Å². The zero-order valence-corrected chi connectivity index (χ0v) is 27.6. The average Bonchev–Trinajstić information content (AvgIpc) is 3.32. The maximum absolute atomic E-state index is 14.5. The lowest BCUT2D eigenvalue weighted by atomic mass is 9.90. The number of aromatic nitrogens is 1. The Hall–Kier alpha value is -4.11. The van der Waals surface area contributed by atoms with Crippen molar-refractivity contribution in [1.82, 2.24) is 24.2 Å². The number of nitrogens with zero attached hydrogens (tertiary/aromatic N) is 5. The van der Waals surface area contributed by atoms with E-state index in [4.69, 9.17) is 0 Å². The Labute approximate surface area is 267 Å². The monoisotopic (exact) mass is 613 g/mol. The van der Waals surface area contributed by atoms with Crippen LogP contribution in [0.15, 0.2) is 42.5 Å². The number of carbonyl (C=O) groups excluding carboxylic acids is 2. The SMILES string of the molecule is CCCCN(CCN(C)C)C(=O)c1cc(-c2cc3c(cc2C(=O)N2Cc4ccccc4C[C@H]2C)CN(C(=O)O)CC3)n(C)c1C. The van der Waals surface area contributed by atoms with Gasteiger partial charge >= 0.3 is 6.09 Å². The number of amides is 3. The third-order valence-corrected chi connectivity index (χ3v) is 9.55. The van der Waals surface area contributed by atoms with E-state index in [0.29, 0.717) is 43.7 Å². The topological polar surface area (TPSA) is 89.3 Å². The normalized spacial score (nSPS) is 16.0. The molecule has 0 aliphatic carbocycles. The molecular formula is C36H47N5O4. The van der Waals surface area contributed by atoms with Crippen LogP contribution in [0.2, 0.25) is 0 Å². The second-order valence-electron chi connectivity index (χ2n) is 12.9. The lowest BCUT2D eigenvalue weighted by Crippen LogP contribution is -2.43. The molecule has 3 aromatic rings. The molecule has 0 saturated heterocycles. The van der Waals surface area contributed by atoms with E-state index in [1.165, 1.54) is 10.5 Å². The molecule has 2 aliphatic rings. The molecule has 1 aromatic heterocycles. The molecule has 3 heterocycles. The molecule has 2 aromatic carbocycles. The minimum atomic E-state index is -0.957. The molecule has 240 valence electrons. The first-order chi connectivity index (χ1) is 21.5. The Bertz CT molecular complexity index is 1590. The van der Waals surface area contributed by atoms with Crippen molar-refractivity contribution >= 4 is 17.9 Å². The highest BCUT2D eigenvalue weighted by molar-refractivity contribution is 6.03. The van der Waals surface area contributed by atoms with Crippen molar-refractivity contribution in [1.29, 1.82) is 0 Å². The van der Waals surface area contributed by atoms with Gasteiger partial charge in [-0.15, -0.1) is 0 Å². The molecule has 0 fully saturated rings. The van der Waals surface area contributed by atoms with Gasteiger partial charge in [0.05, 0.1) is 5.56 Å². The molecular weight excluding hydrogens is 566 g/mol. The standard InChI is InChI=1S/C36H47N5O4/c1-7-8-14-39(17-16-37(4)5)34(42)30-21-33(38(6)25(30)3)31-19-27-13-15-40(36(44)45)22-29(27)20-32(31)35(43)41-23-28-12-10-9-11-26(28)18-24(41)2/h9-12,19-21,24H,7-8,13-18,22-23H2,1-6H3,(H,44,45)/t24-/m1/s1. The largest absolute Gasteiger partial charge is 0.465 e. The number of benzene rings is 2. The summed E-state index contributed by atoms with van der Waals surface area (Å²) in [6.07, 6.45) is 2.33. The van der Waals surface area contributed by atoms with Gasteiger partial charge in [0.1, 0.15) is 0 Å². The zero-order chi connectivity index (χ0) is 32.4. The Morgan fingerprint density at radius 1 is 0.933 bits per heavy atom. The molecule has 5 rings (SSSR count). The van der Waals surface area contributed by atoms with Crippen molar-refractivity contribution in [3.05, 3.63) is 81.5 Å². The van der Waals surface area contributed by atoms with Crippen molar-refractivity contribution in [3.8, 4) is 11.3 Å². The predicted molar refractivity (Wildman–Crippen MR) is 177 cm³/mol. The fraction of sp³-hybridized carbons (Fsp3) is 0.472. The minimum absolute atomic E-state index is 0.00269. The summed E-state index contributed by atoms with van der Waals surface area (Å²) >= 11 is 0. The third-order valence-electron chi connectivity index (χ3n) is 9.55. The van der Waals surface area contributed by atoms with Crippen molar-refractivity contribution in [2.45, 2.75) is 65.6 Å². The number of carbonyl (C=O) groups is 3. The number of unbranched alkanes of at least 4 members (excludes halogenated alkanes) is 1. The highest BCUT2D eigenvalue weighted by Gasteiger charge is 2.32. The summed E-state index contributed by atoms with van der Waals surface area (Å²) in [6.45, 7) is 9.48. The van der Waals surface area contributed by atoms with E-state index >= 15 is 0 Å². The number of rotatable bonds is 9. The molecule has 0 bridgehead atoms. The Kier molecular flexibility index (Phi) is 9.68. The Balaban J connectivity index is 1.58. The molecule has 3 amide bonds. The summed E-state index contributed by atoms with van der Waals surface area (Å²) in [5, 5.41) is 9.70. The summed E-state index contributed by atoms with van der Waals surface area (Å²) in [7, 11) is 5.98. The summed E-state index contributed by atoms with van der Waals surface area (Å²) < 4.78 is 2.02. The molecule has 1 atom stereocenters. The second-order valence-corrected chi connectivity index (χ2v) is 12.9. The van der Waals surface area contributed by atoms with Gasteiger partial charge in [-0.05, 0) is 87.7 Å². The molecule has 1 N–H and O–H groups in total. The molecule has 0 spiro atoms. The van der Waals surface area contributed by atoms with Gasteiger partial charge in [-0.1, -0.05) is 37.6 Å². The fourth-order valence-corrected chi connectivity index (χ4v) is 6.60. The summed E-state index contributed by atoms with van der Waals surface area (Å²) in [6, 6.07) is 14.2. The van der Waals surface area contributed by atoms with Crippen LogP contribution in [-0.2, 0) is 33.0 Å². The molecule has 2 aliphatic heterocycles. The van der Waals surface area contributed by atoms with Crippen LogP contribution in [0.4, 0.5) is 4.79 Å². The van der Waals surface area contributed by atoms with Gasteiger partial charge in [-0.3, -0.25) is 9.59 Å². The minimum Gasteiger partial charge on any atom is -0.465 e. The van der Waals surface area contributed by atoms with Crippen LogP contribution in [0.3, 0.4) is 0 Å². The highest BCUT2D eigenvalue weighted by atomic mass is 16.4. The molecule has 9 heteroatoms. The third kappa shape index (κ3) is 6.64. The van der Waals surface area contributed by atoms with E-state index in [2.05, 4.69) is 36.9 Å². The maximum Gasteiger partial charge on any atom is 0.407 e. The van der Waals surface area contributed by atoms with Crippen LogP contribution in [0, 0.1) is 6.92 Å². The lowest BCUT2D eigenvalue weighted by Gasteiger charge is -2.36. The van der Waals surface area contributed by atoms with E-state index < -0.39 is 6.09 Å². The summed E-state index contributed by atoms with van der Waals surface area (Å²) in [4.78, 5) is 47.7. The van der Waals surface area contributed by atoms with Gasteiger partial charge in [0.25, 0.3) is 11.8 Å². The molecule has 9 nitrogen and oxygen atoms in total. The van der Waals surface area contributed by atoms with E-state index in [1.807, 2.05) is 66.7 Å². The van der Waals surface area contributed by atoms with E-state index in [-0.39, 0.29) is 24.4 Å². The number of fused-ring (bicyclic) bond motifs is 2. The van der Waals surface area contributed by atoms with Crippen LogP contribution in [0.5, 0.6) is 0 Å². The Morgan fingerprint density at radius 2 is 1.67 bits per heavy atom. The van der Waals surface area contributed by atoms with Crippen LogP contribution in [0.1, 0.15) is 75.4 Å². The smallest absolute Gasteiger partial charge is 0.407 e. The Morgan fingerprint density at radius 3 is 2.36 bits per heavy atom. The van der Waals surface area contributed by atoms with Crippen molar-refractivity contribution in [3.63, 3.8) is 0 Å². The van der Waals surface area contributed by atoms with E-state index in [1.54, 1.807) is 0 Å². The maximum atomic E-state index is 14.5. The molecule has 0 radical (unpaired) electrons. The van der Waals surface area contributed by atoms with E-state index in [9.17, 15) is 19.5 Å². The zero-order valence-electron chi connectivity index (χ0n) is 27.6. The van der Waals surface area contributed by atoms with Crippen molar-refractivity contribution in [2.24, 2.45) is 7.05 Å². The van der Waals surface area contributed by atoms with Crippen LogP contribution in [-0.4, -0.2) is 93.5 Å². The van der Waals surface area contributed by atoms with Crippen LogP contribution >= 0.6 is 0 Å². The number of hydrogen-bond donors (Lipinski definition) is 1. The van der Waals surface area contributed by atoms with Gasteiger partial charge in [0.15, 0.2) is 0 Å². The molecule has 45 heavy (non-hydrogen) atoms. The summed E-state index contributed by atoms with van der Waals surface area (Å²) in [5.41, 5.74) is 7.96. The first-order valence-corrected chi connectivity index (χ1v) is 16.1. The molecule has 0 saturated carbocycles. The summed E-state index contributed by atoms with van der Waals surface area (Å²) in [5.74, 6) is -0.0709. The number of carboxylic acid groups (broad SMARTS) is 1. The van der Waals surface area contributed by atoms with Gasteiger partial charge in [-0.2, -0.15) is 0 Å². The second kappa shape index (κ2) is 13.5. The van der Waals surface area contributed by atoms with Crippen LogP contribution < -0.4 is 0 Å².